The van der Waals surface area contributed by atoms with E-state index in [-0.39, 0.29) is 38.6 Å². The van der Waals surface area contributed by atoms with Gasteiger partial charge < -0.3 is 28.5 Å². The Bertz CT molecular complexity index is 1040. The highest BCUT2D eigenvalue weighted by Gasteiger charge is 2.25. The van der Waals surface area contributed by atoms with Gasteiger partial charge in [-0.2, -0.15) is 0 Å². The Labute approximate surface area is 316 Å². The summed E-state index contributed by atoms with van der Waals surface area (Å²) < 4.78 is 22.5. The van der Waals surface area contributed by atoms with Crippen molar-refractivity contribution in [2.24, 2.45) is 0 Å². The van der Waals surface area contributed by atoms with Crippen molar-refractivity contribution in [1.29, 1.82) is 0 Å². The van der Waals surface area contributed by atoms with Crippen molar-refractivity contribution in [2.75, 3.05) is 47.5 Å². The number of aliphatic carboxylic acids is 1. The lowest BCUT2D eigenvalue weighted by Crippen LogP contribution is -2.40. The fourth-order valence-electron chi connectivity index (χ4n) is 4.93. The number of carbonyl (C=O) groups is 3. The van der Waals surface area contributed by atoms with Crippen molar-refractivity contribution >= 4 is 17.9 Å². The minimum absolute atomic E-state index is 0.175. The predicted molar refractivity (Wildman–Crippen MR) is 212 cm³/mol. The van der Waals surface area contributed by atoms with E-state index in [0.717, 1.165) is 57.8 Å². The third-order valence-electron chi connectivity index (χ3n) is 8.04. The van der Waals surface area contributed by atoms with Gasteiger partial charge in [-0.05, 0) is 51.4 Å². The number of unbranched alkanes of at least 4 members (excludes halogenated alkanes) is 10. The molecule has 0 aromatic rings. The van der Waals surface area contributed by atoms with Gasteiger partial charge >= 0.3 is 17.9 Å². The first-order chi connectivity index (χ1) is 25.1. The van der Waals surface area contributed by atoms with E-state index in [0.29, 0.717) is 17.4 Å². The molecule has 0 aliphatic heterocycles. The molecule has 0 amide bonds. The van der Waals surface area contributed by atoms with Crippen LogP contribution in [0.3, 0.4) is 0 Å². The van der Waals surface area contributed by atoms with Crippen molar-refractivity contribution in [3.05, 3.63) is 60.8 Å². The average Bonchev–Trinajstić information content (AvgIpc) is 3.09. The third-order valence-corrected chi connectivity index (χ3v) is 8.04. The number of carboxylic acid groups (broad SMARTS) is 1. The maximum atomic E-state index is 12.7. The molecule has 0 aliphatic carbocycles. The molecule has 1 N–H and O–H groups in total. The largest absolute Gasteiger partial charge is 0.477 e. The fraction of sp³-hybridized carbons (Fsp3) is 0.698. The fourth-order valence-corrected chi connectivity index (χ4v) is 4.93. The number of quaternary nitrogens is 1. The van der Waals surface area contributed by atoms with E-state index in [1.54, 1.807) is 0 Å². The molecule has 0 aromatic heterocycles. The standard InChI is InChI=1S/C43H73NO8/c1-6-8-10-12-14-16-18-19-20-21-22-23-24-26-28-30-32-34-41(46)52-39(38-51-43(42(47)48)49-36-35-44(3,4)5)37-50-40(45)33-31-29-27-25-17-15-13-11-9-7-2/h8,10,14,16,19-20,22-23,26,28,39,43H,6-7,9,11-13,15,17-18,21,24-25,27,29-38H2,1-5H3/p+1/b10-8-,16-14-,20-19-,23-22-,28-26-. The number of ether oxygens (including phenoxy) is 4. The maximum absolute atomic E-state index is 12.7. The lowest BCUT2D eigenvalue weighted by atomic mass is 10.1. The van der Waals surface area contributed by atoms with Crippen LogP contribution >= 0.6 is 0 Å². The minimum atomic E-state index is -1.52. The second-order valence-corrected chi connectivity index (χ2v) is 14.2. The van der Waals surface area contributed by atoms with Crippen molar-refractivity contribution in [3.8, 4) is 0 Å². The minimum Gasteiger partial charge on any atom is -0.477 e. The molecule has 0 spiro atoms. The van der Waals surface area contributed by atoms with Crippen molar-refractivity contribution < 1.29 is 42.9 Å². The van der Waals surface area contributed by atoms with Crippen LogP contribution in [0, 0.1) is 0 Å². The molecule has 0 saturated heterocycles. The van der Waals surface area contributed by atoms with E-state index >= 15 is 0 Å². The summed E-state index contributed by atoms with van der Waals surface area (Å²) in [4.78, 5) is 36.9. The number of rotatable bonds is 35. The first-order valence-electron chi connectivity index (χ1n) is 20.0. The van der Waals surface area contributed by atoms with Crippen molar-refractivity contribution in [1.82, 2.24) is 0 Å². The van der Waals surface area contributed by atoms with Crippen molar-refractivity contribution in [2.45, 2.75) is 148 Å². The molecular weight excluding hydrogens is 658 g/mol. The number of esters is 2. The molecule has 298 valence electrons. The third kappa shape index (κ3) is 35.4. The average molecular weight is 733 g/mol. The Balaban J connectivity index is 4.63. The van der Waals surface area contributed by atoms with Gasteiger partial charge in [0.15, 0.2) is 6.10 Å². The molecule has 0 fully saturated rings. The summed E-state index contributed by atoms with van der Waals surface area (Å²) in [6, 6.07) is 0. The van der Waals surface area contributed by atoms with Crippen LogP contribution in [-0.4, -0.2) is 87.4 Å². The summed E-state index contributed by atoms with van der Waals surface area (Å²) in [5.41, 5.74) is 0. The van der Waals surface area contributed by atoms with Gasteiger partial charge in [0, 0.05) is 12.8 Å². The summed E-state index contributed by atoms with van der Waals surface area (Å²) in [5.74, 6) is -2.10. The van der Waals surface area contributed by atoms with E-state index in [1.165, 1.54) is 44.9 Å². The van der Waals surface area contributed by atoms with E-state index in [1.807, 2.05) is 27.2 Å². The molecule has 0 heterocycles. The quantitative estimate of drug-likeness (QED) is 0.0226. The van der Waals surface area contributed by atoms with Crippen LogP contribution in [0.4, 0.5) is 0 Å². The normalized spacial score (nSPS) is 13.6. The molecule has 0 aliphatic rings. The van der Waals surface area contributed by atoms with Gasteiger partial charge in [-0.1, -0.05) is 132 Å². The number of hydrogen-bond donors (Lipinski definition) is 1. The Morgan fingerprint density at radius 3 is 1.62 bits per heavy atom. The maximum Gasteiger partial charge on any atom is 0.361 e. The lowest BCUT2D eigenvalue weighted by molar-refractivity contribution is -0.870. The summed E-state index contributed by atoms with van der Waals surface area (Å²) in [5, 5.41) is 9.59. The lowest BCUT2D eigenvalue weighted by Gasteiger charge is -2.25. The SMILES string of the molecule is CC/C=C\C/C=C\C/C=C\C/C=C\C/C=C\CCCC(=O)OC(COC(=O)CCCCCCCCCCCC)COC(OCC[N+](C)(C)C)C(=O)O. The number of carboxylic acids is 1. The zero-order chi connectivity index (χ0) is 38.5. The molecule has 9 heteroatoms. The highest BCUT2D eigenvalue weighted by Crippen LogP contribution is 2.12. The zero-order valence-corrected chi connectivity index (χ0v) is 33.4. The zero-order valence-electron chi connectivity index (χ0n) is 33.4. The Hall–Kier alpha value is -3.01. The van der Waals surface area contributed by atoms with Crippen LogP contribution in [0.2, 0.25) is 0 Å². The Kier molecular flexibility index (Phi) is 33.0. The van der Waals surface area contributed by atoms with Gasteiger partial charge in [-0.3, -0.25) is 9.59 Å². The first kappa shape index (κ1) is 49.0. The van der Waals surface area contributed by atoms with Gasteiger partial charge in [-0.15, -0.1) is 0 Å². The molecule has 2 atom stereocenters. The van der Waals surface area contributed by atoms with E-state index in [2.05, 4.69) is 68.5 Å². The van der Waals surface area contributed by atoms with Gasteiger partial charge in [0.05, 0.1) is 34.4 Å². The number of carbonyl (C=O) groups excluding carboxylic acids is 2. The van der Waals surface area contributed by atoms with Gasteiger partial charge in [-0.25, -0.2) is 4.79 Å². The summed E-state index contributed by atoms with van der Waals surface area (Å²) in [6.45, 7) is 4.64. The molecule has 2 unspecified atom stereocenters. The summed E-state index contributed by atoms with van der Waals surface area (Å²) >= 11 is 0. The van der Waals surface area contributed by atoms with Crippen LogP contribution in [-0.2, 0) is 33.3 Å². The Morgan fingerprint density at radius 1 is 0.596 bits per heavy atom. The summed E-state index contributed by atoms with van der Waals surface area (Å²) in [7, 11) is 5.92. The molecule has 0 rings (SSSR count). The number of likely N-dealkylation sites (N-methyl/N-ethyl adjacent to an activating group) is 1. The molecule has 9 nitrogen and oxygen atoms in total. The monoisotopic (exact) mass is 733 g/mol. The molecular formula is C43H74NO8+. The second-order valence-electron chi connectivity index (χ2n) is 14.2. The first-order valence-corrected chi connectivity index (χ1v) is 20.0. The smallest absolute Gasteiger partial charge is 0.361 e. The van der Waals surface area contributed by atoms with E-state index in [4.69, 9.17) is 18.9 Å². The van der Waals surface area contributed by atoms with Crippen LogP contribution in [0.1, 0.15) is 136 Å². The second kappa shape index (κ2) is 35.0. The van der Waals surface area contributed by atoms with Crippen LogP contribution < -0.4 is 0 Å². The molecule has 0 bridgehead atoms. The molecule has 0 aromatic carbocycles. The predicted octanol–water partition coefficient (Wildman–Crippen LogP) is 9.82. The van der Waals surface area contributed by atoms with Crippen LogP contribution in [0.5, 0.6) is 0 Å². The van der Waals surface area contributed by atoms with E-state index in [9.17, 15) is 19.5 Å². The van der Waals surface area contributed by atoms with Gasteiger partial charge in [0.1, 0.15) is 13.2 Å². The number of allylic oxidation sites excluding steroid dienone is 10. The number of nitrogens with zero attached hydrogens (tertiary/aromatic N) is 1. The summed E-state index contributed by atoms with van der Waals surface area (Å²) in [6.07, 6.45) is 37.2. The number of hydrogen-bond acceptors (Lipinski definition) is 7. The van der Waals surface area contributed by atoms with Crippen LogP contribution in [0.15, 0.2) is 60.8 Å². The van der Waals surface area contributed by atoms with E-state index < -0.39 is 24.3 Å². The topological polar surface area (TPSA) is 108 Å². The molecule has 0 saturated carbocycles. The van der Waals surface area contributed by atoms with Gasteiger partial charge in [0.2, 0.25) is 0 Å². The van der Waals surface area contributed by atoms with Crippen LogP contribution in [0.25, 0.3) is 0 Å². The Morgan fingerprint density at radius 2 is 1.10 bits per heavy atom. The van der Waals surface area contributed by atoms with Crippen molar-refractivity contribution in [3.63, 3.8) is 0 Å². The van der Waals surface area contributed by atoms with Gasteiger partial charge in [0.25, 0.3) is 6.29 Å². The highest BCUT2D eigenvalue weighted by atomic mass is 16.7. The molecule has 0 radical (unpaired) electrons. The molecule has 52 heavy (non-hydrogen) atoms. The highest BCUT2D eigenvalue weighted by molar-refractivity contribution is 5.71.